The quantitative estimate of drug-likeness (QED) is 0.151. The van der Waals surface area contributed by atoms with Crippen molar-refractivity contribution in [1.29, 1.82) is 0 Å². The second-order valence-corrected chi connectivity index (χ2v) is 12.8. The molecule has 0 saturated heterocycles. The molecule has 0 aromatic carbocycles. The molecule has 8 nitrogen and oxygen atoms in total. The molecule has 0 bridgehead atoms. The normalized spacial score (nSPS) is 13.4. The summed E-state index contributed by atoms with van der Waals surface area (Å²) in [6.45, 7) is 20.7. The topological polar surface area (TPSA) is 162 Å². The molecular weight excluding hydrogens is 488 g/mol. The first kappa shape index (κ1) is 44.0. The third-order valence-corrected chi connectivity index (χ3v) is 4.22. The highest BCUT2D eigenvalue weighted by Crippen LogP contribution is 2.15. The molecule has 0 spiro atoms. The molecule has 0 saturated carbocycles. The SMILES string of the molecule is C/C(=C\CO)CCCC(C)(C)O.CC(C)(O)C#CC(C)(C)O.CC(C)(O)CCCO.CC(O)CC(C)(C)O. The molecule has 38 heavy (non-hydrogen) atoms. The van der Waals surface area contributed by atoms with Crippen molar-refractivity contribution < 1.29 is 40.9 Å². The summed E-state index contributed by atoms with van der Waals surface area (Å²) in [6.07, 6.45) is 5.94. The van der Waals surface area contributed by atoms with E-state index >= 15 is 0 Å². The third kappa shape index (κ3) is 59.8. The summed E-state index contributed by atoms with van der Waals surface area (Å²) < 4.78 is 0. The number of hydrogen-bond acceptors (Lipinski definition) is 8. The summed E-state index contributed by atoms with van der Waals surface area (Å²) in [6, 6.07) is 0. The minimum Gasteiger partial charge on any atom is -0.396 e. The molecule has 0 amide bonds. The highest BCUT2D eigenvalue weighted by atomic mass is 16.3. The Balaban J connectivity index is -0.000000206. The number of allylic oxidation sites excluding steroid dienone is 1. The van der Waals surface area contributed by atoms with Crippen LogP contribution in [0.5, 0.6) is 0 Å². The Morgan fingerprint density at radius 2 is 1.05 bits per heavy atom. The van der Waals surface area contributed by atoms with E-state index in [4.69, 9.17) is 35.7 Å². The minimum atomic E-state index is -1.01. The van der Waals surface area contributed by atoms with E-state index < -0.39 is 34.1 Å². The lowest BCUT2D eigenvalue weighted by atomic mass is 9.99. The number of aliphatic hydroxyl groups is 8. The van der Waals surface area contributed by atoms with Gasteiger partial charge < -0.3 is 40.9 Å². The number of hydrogen-bond donors (Lipinski definition) is 8. The average molecular weight is 551 g/mol. The van der Waals surface area contributed by atoms with Gasteiger partial charge in [0.1, 0.15) is 11.2 Å². The van der Waals surface area contributed by atoms with E-state index in [9.17, 15) is 5.11 Å². The Morgan fingerprint density at radius 3 is 1.24 bits per heavy atom. The molecule has 0 rings (SSSR count). The second-order valence-electron chi connectivity index (χ2n) is 12.8. The molecule has 0 heterocycles. The van der Waals surface area contributed by atoms with Crippen molar-refractivity contribution in [2.45, 2.75) is 156 Å². The summed E-state index contributed by atoms with van der Waals surface area (Å²) in [5.41, 5.74) is -2.72. The van der Waals surface area contributed by atoms with E-state index in [0.717, 1.165) is 19.3 Å². The third-order valence-electron chi connectivity index (χ3n) is 4.22. The zero-order chi connectivity index (χ0) is 31.4. The maximum atomic E-state index is 9.39. The Labute approximate surface area is 233 Å². The largest absolute Gasteiger partial charge is 0.396 e. The molecule has 0 aliphatic rings. The Hall–Kier alpha value is -1.02. The Bertz CT molecular complexity index is 620. The monoisotopic (exact) mass is 550 g/mol. The van der Waals surface area contributed by atoms with Gasteiger partial charge in [0.25, 0.3) is 0 Å². The van der Waals surface area contributed by atoms with Crippen LogP contribution < -0.4 is 0 Å². The van der Waals surface area contributed by atoms with Crippen LogP contribution in [0.3, 0.4) is 0 Å². The molecular formula is C30H62O8. The predicted molar refractivity (Wildman–Crippen MR) is 157 cm³/mol. The van der Waals surface area contributed by atoms with Gasteiger partial charge in [0, 0.05) is 13.0 Å². The van der Waals surface area contributed by atoms with Crippen molar-refractivity contribution in [1.82, 2.24) is 0 Å². The summed E-state index contributed by atoms with van der Waals surface area (Å²) in [7, 11) is 0. The van der Waals surface area contributed by atoms with Gasteiger partial charge in [0.05, 0.1) is 29.5 Å². The fourth-order valence-corrected chi connectivity index (χ4v) is 2.60. The summed E-state index contributed by atoms with van der Waals surface area (Å²) in [4.78, 5) is 0. The molecule has 1 unspecified atom stereocenters. The standard InChI is InChI=1S/C10H20O2.C8H14O2.2C6H14O2/c1-9(6-8-11)5-4-7-10(2,3)12;1-7(2,9)5-6-8(3,4)10;1-5(7)4-6(2,3)8;1-6(2,8)4-3-5-7/h6,11-12H,4-5,7-8H2,1-3H3;9-10H,1-4H3;5,7-8H,4H2,1-3H3;7-8H,3-5H2,1-2H3/b9-6+;;;. The van der Waals surface area contributed by atoms with Crippen molar-refractivity contribution >= 4 is 0 Å². The molecule has 0 fully saturated rings. The van der Waals surface area contributed by atoms with Crippen molar-refractivity contribution in [3.63, 3.8) is 0 Å². The second kappa shape index (κ2) is 20.8. The van der Waals surface area contributed by atoms with Gasteiger partial charge in [-0.3, -0.25) is 0 Å². The van der Waals surface area contributed by atoms with Crippen molar-refractivity contribution in [2.24, 2.45) is 0 Å². The van der Waals surface area contributed by atoms with Gasteiger partial charge in [-0.15, -0.1) is 0 Å². The fourth-order valence-electron chi connectivity index (χ4n) is 2.60. The predicted octanol–water partition coefficient (Wildman–Crippen LogP) is 3.46. The number of rotatable bonds is 10. The van der Waals surface area contributed by atoms with Crippen LogP contribution in [0.4, 0.5) is 0 Å². The van der Waals surface area contributed by atoms with Gasteiger partial charge in [0.2, 0.25) is 0 Å². The van der Waals surface area contributed by atoms with Gasteiger partial charge in [-0.2, -0.15) is 0 Å². The van der Waals surface area contributed by atoms with Gasteiger partial charge in [-0.25, -0.2) is 0 Å². The van der Waals surface area contributed by atoms with Crippen molar-refractivity contribution in [2.75, 3.05) is 13.2 Å². The molecule has 230 valence electrons. The van der Waals surface area contributed by atoms with E-state index in [0.29, 0.717) is 19.3 Å². The van der Waals surface area contributed by atoms with Crippen molar-refractivity contribution in [3.05, 3.63) is 11.6 Å². The Kier molecular flexibility index (Phi) is 24.1. The van der Waals surface area contributed by atoms with Crippen LogP contribution in [-0.2, 0) is 0 Å². The van der Waals surface area contributed by atoms with E-state index in [2.05, 4.69) is 11.8 Å². The van der Waals surface area contributed by atoms with Crippen LogP contribution in [0.2, 0.25) is 0 Å². The first-order valence-corrected chi connectivity index (χ1v) is 13.4. The van der Waals surface area contributed by atoms with E-state index in [-0.39, 0.29) is 13.2 Å². The molecule has 0 aliphatic heterocycles. The van der Waals surface area contributed by atoms with Crippen LogP contribution in [0.25, 0.3) is 0 Å². The molecule has 8 N–H and O–H groups in total. The summed E-state index contributed by atoms with van der Waals surface area (Å²) in [5, 5.41) is 71.3. The van der Waals surface area contributed by atoms with E-state index in [1.54, 1.807) is 62.3 Å². The lowest BCUT2D eigenvalue weighted by molar-refractivity contribution is 0.0248. The zero-order valence-electron chi connectivity index (χ0n) is 26.4. The highest BCUT2D eigenvalue weighted by Gasteiger charge is 2.14. The highest BCUT2D eigenvalue weighted by molar-refractivity contribution is 5.16. The van der Waals surface area contributed by atoms with Crippen molar-refractivity contribution in [3.8, 4) is 11.8 Å². The van der Waals surface area contributed by atoms with Crippen LogP contribution >= 0.6 is 0 Å². The van der Waals surface area contributed by atoms with Gasteiger partial charge in [-0.1, -0.05) is 23.5 Å². The number of aliphatic hydroxyl groups excluding tert-OH is 3. The summed E-state index contributed by atoms with van der Waals surface area (Å²) >= 11 is 0. The van der Waals surface area contributed by atoms with Crippen LogP contribution in [-0.4, -0.2) is 88.2 Å². The summed E-state index contributed by atoms with van der Waals surface area (Å²) in [5.74, 6) is 5.03. The first-order chi connectivity index (χ1) is 16.6. The molecule has 0 aromatic heterocycles. The van der Waals surface area contributed by atoms with Gasteiger partial charge in [-0.05, 0) is 115 Å². The zero-order valence-corrected chi connectivity index (χ0v) is 26.4. The lowest BCUT2D eigenvalue weighted by Crippen LogP contribution is -2.24. The molecule has 8 heteroatoms. The van der Waals surface area contributed by atoms with Gasteiger partial charge >= 0.3 is 0 Å². The van der Waals surface area contributed by atoms with Crippen LogP contribution in [0.15, 0.2) is 11.6 Å². The smallest absolute Gasteiger partial charge is 0.120 e. The maximum absolute atomic E-state index is 9.39. The van der Waals surface area contributed by atoms with E-state index in [1.807, 2.05) is 26.8 Å². The van der Waals surface area contributed by atoms with Gasteiger partial charge in [0.15, 0.2) is 0 Å². The van der Waals surface area contributed by atoms with E-state index in [1.165, 1.54) is 5.57 Å². The molecule has 0 aliphatic carbocycles. The molecule has 1 atom stereocenters. The average Bonchev–Trinajstić information content (AvgIpc) is 2.62. The molecule has 0 radical (unpaired) electrons. The maximum Gasteiger partial charge on any atom is 0.120 e. The van der Waals surface area contributed by atoms with Crippen LogP contribution in [0.1, 0.15) is 122 Å². The Morgan fingerprint density at radius 1 is 0.684 bits per heavy atom. The molecule has 0 aromatic rings. The minimum absolute atomic E-state index is 0.119. The van der Waals surface area contributed by atoms with Crippen LogP contribution in [0, 0.1) is 11.8 Å². The first-order valence-electron chi connectivity index (χ1n) is 13.4. The lowest BCUT2D eigenvalue weighted by Gasteiger charge is -2.17. The fraction of sp³-hybridized carbons (Fsp3) is 0.867.